The molecule has 3 aliphatic rings. The van der Waals surface area contributed by atoms with E-state index in [1.807, 2.05) is 0 Å². The van der Waals surface area contributed by atoms with Gasteiger partial charge in [0.2, 0.25) is 0 Å². The summed E-state index contributed by atoms with van der Waals surface area (Å²) in [5.74, 6) is 0. The molecule has 0 amide bonds. The molecule has 0 unspecified atom stereocenters. The van der Waals surface area contributed by atoms with Crippen molar-refractivity contribution in [2.24, 2.45) is 0 Å². The van der Waals surface area contributed by atoms with E-state index >= 15 is 0 Å². The summed E-state index contributed by atoms with van der Waals surface area (Å²) in [4.78, 5) is 0. The van der Waals surface area contributed by atoms with Crippen LogP contribution >= 0.6 is 0 Å². The van der Waals surface area contributed by atoms with Crippen molar-refractivity contribution in [2.45, 2.75) is 56.8 Å². The van der Waals surface area contributed by atoms with Gasteiger partial charge in [-0.3, -0.25) is 0 Å². The Bertz CT molecular complexity index is 2770. The fourth-order valence-corrected chi connectivity index (χ4v) is 10.8. The minimum absolute atomic E-state index is 0.0259. The van der Waals surface area contributed by atoms with Gasteiger partial charge in [0.1, 0.15) is 0 Å². The zero-order chi connectivity index (χ0) is 35.3. The molecule has 11 rings (SSSR count). The van der Waals surface area contributed by atoms with Crippen LogP contribution in [0.1, 0.15) is 68.2 Å². The second-order valence-electron chi connectivity index (χ2n) is 16.3. The summed E-state index contributed by atoms with van der Waals surface area (Å²) in [6.45, 7) is 4.74. The molecule has 0 N–H and O–H groups in total. The number of fused-ring (bicyclic) bond motifs is 10. The molecule has 0 aliphatic heterocycles. The molecule has 0 atom stereocenters. The van der Waals surface area contributed by atoms with E-state index in [-0.39, 0.29) is 10.8 Å². The van der Waals surface area contributed by atoms with Gasteiger partial charge in [0.05, 0.1) is 0 Å². The van der Waals surface area contributed by atoms with Crippen molar-refractivity contribution in [3.63, 3.8) is 0 Å². The molecular weight excluding hydrogens is 637 g/mol. The monoisotopic (exact) mass is 678 g/mol. The van der Waals surface area contributed by atoms with Crippen molar-refractivity contribution in [1.29, 1.82) is 0 Å². The maximum atomic E-state index is 2.60. The Balaban J connectivity index is 1.20. The van der Waals surface area contributed by atoms with E-state index in [2.05, 4.69) is 172 Å². The molecule has 0 bridgehead atoms. The molecule has 1 fully saturated rings. The second-order valence-corrected chi connectivity index (χ2v) is 16.3. The van der Waals surface area contributed by atoms with E-state index in [9.17, 15) is 0 Å². The highest BCUT2D eigenvalue weighted by Crippen LogP contribution is 2.57. The molecule has 1 spiro atoms. The average molecular weight is 679 g/mol. The summed E-state index contributed by atoms with van der Waals surface area (Å²) >= 11 is 0. The number of hydrogen-bond donors (Lipinski definition) is 0. The fraction of sp³-hybridized carbons (Fsp3) is 0.170. The van der Waals surface area contributed by atoms with Crippen LogP contribution < -0.4 is 0 Å². The van der Waals surface area contributed by atoms with Gasteiger partial charge >= 0.3 is 0 Å². The first-order chi connectivity index (χ1) is 26.0. The van der Waals surface area contributed by atoms with Crippen LogP contribution in [0.15, 0.2) is 158 Å². The molecule has 0 nitrogen and oxygen atoms in total. The Kier molecular flexibility index (Phi) is 6.63. The molecule has 0 heteroatoms. The van der Waals surface area contributed by atoms with Gasteiger partial charge in [-0.15, -0.1) is 0 Å². The van der Waals surface area contributed by atoms with Crippen molar-refractivity contribution in [3.05, 3.63) is 180 Å². The second kappa shape index (κ2) is 11.4. The molecule has 0 heterocycles. The predicted octanol–water partition coefficient (Wildman–Crippen LogP) is 14.5. The lowest BCUT2D eigenvalue weighted by molar-refractivity contribution is 0.353. The van der Waals surface area contributed by atoms with E-state index in [4.69, 9.17) is 0 Å². The average Bonchev–Trinajstić information content (AvgIpc) is 3.61. The Morgan fingerprint density at radius 3 is 1.66 bits per heavy atom. The lowest BCUT2D eigenvalue weighted by Gasteiger charge is -2.36. The summed E-state index contributed by atoms with van der Waals surface area (Å²) in [6.07, 6.45) is 6.40. The number of rotatable bonds is 3. The van der Waals surface area contributed by atoms with E-state index in [0.29, 0.717) is 0 Å². The largest absolute Gasteiger partial charge is 0.0622 e. The molecule has 3 aliphatic carbocycles. The van der Waals surface area contributed by atoms with E-state index in [1.165, 1.54) is 126 Å². The Morgan fingerprint density at radius 1 is 0.340 bits per heavy atom. The van der Waals surface area contributed by atoms with Crippen molar-refractivity contribution in [2.75, 3.05) is 0 Å². The normalized spacial score (nSPS) is 16.0. The van der Waals surface area contributed by atoms with Gasteiger partial charge < -0.3 is 0 Å². The number of hydrogen-bond acceptors (Lipinski definition) is 0. The summed E-state index contributed by atoms with van der Waals surface area (Å²) in [6, 6.07) is 60.3. The molecule has 1 saturated carbocycles. The van der Waals surface area contributed by atoms with Crippen LogP contribution in [0.4, 0.5) is 0 Å². The molecule has 0 saturated heterocycles. The van der Waals surface area contributed by atoms with Gasteiger partial charge in [-0.2, -0.15) is 0 Å². The quantitative estimate of drug-likeness (QED) is 0.163. The van der Waals surface area contributed by atoms with Crippen LogP contribution in [0, 0.1) is 0 Å². The van der Waals surface area contributed by atoms with Crippen molar-refractivity contribution in [3.8, 4) is 55.6 Å². The highest BCUT2D eigenvalue weighted by molar-refractivity contribution is 6.22. The number of benzene rings is 8. The van der Waals surface area contributed by atoms with Gasteiger partial charge in [-0.05, 0) is 130 Å². The van der Waals surface area contributed by atoms with Gasteiger partial charge in [0.15, 0.2) is 0 Å². The van der Waals surface area contributed by atoms with Gasteiger partial charge in [-0.1, -0.05) is 173 Å². The standard InChI is InChI=1S/C53H42/c1-52(2)46-21-11-9-18-39(46)44-32-36(25-28-47(44)52)51-42-20-8-7-19-41(42)50(43-27-23-35(31-45(43)51)34-15-5-3-6-16-34)37-24-26-40-38-17-10-12-22-48(38)53(49(40)33-37)29-13-4-14-30-53/h3,5-12,15-28,31-33H,4,13-14,29-30H2,1-2H3. The molecule has 8 aromatic carbocycles. The molecule has 0 aromatic heterocycles. The van der Waals surface area contributed by atoms with Crippen LogP contribution in [-0.2, 0) is 10.8 Å². The van der Waals surface area contributed by atoms with Gasteiger partial charge in [-0.25, -0.2) is 0 Å². The molecule has 0 radical (unpaired) electrons. The minimum atomic E-state index is -0.0259. The van der Waals surface area contributed by atoms with E-state index in [1.54, 1.807) is 5.56 Å². The van der Waals surface area contributed by atoms with Crippen molar-refractivity contribution in [1.82, 2.24) is 0 Å². The van der Waals surface area contributed by atoms with Crippen molar-refractivity contribution < 1.29 is 0 Å². The highest BCUT2D eigenvalue weighted by atomic mass is 14.5. The van der Waals surface area contributed by atoms with E-state index < -0.39 is 0 Å². The third-order valence-corrected chi connectivity index (χ3v) is 13.3. The smallest absolute Gasteiger partial charge is 0.0215 e. The Hall–Kier alpha value is -5.72. The zero-order valence-corrected chi connectivity index (χ0v) is 30.5. The first-order valence-corrected chi connectivity index (χ1v) is 19.6. The molecular formula is C53H42. The third-order valence-electron chi connectivity index (χ3n) is 13.3. The van der Waals surface area contributed by atoms with Crippen LogP contribution in [0.25, 0.3) is 77.2 Å². The summed E-state index contributed by atoms with van der Waals surface area (Å²) in [5, 5.41) is 5.24. The molecule has 8 aromatic rings. The van der Waals surface area contributed by atoms with Crippen LogP contribution in [0.2, 0.25) is 0 Å². The van der Waals surface area contributed by atoms with Crippen LogP contribution in [-0.4, -0.2) is 0 Å². The first kappa shape index (κ1) is 30.9. The third kappa shape index (κ3) is 4.36. The van der Waals surface area contributed by atoms with Crippen LogP contribution in [0.3, 0.4) is 0 Å². The summed E-state index contributed by atoms with van der Waals surface area (Å²) in [5.41, 5.74) is 19.4. The minimum Gasteiger partial charge on any atom is -0.0622 e. The fourth-order valence-electron chi connectivity index (χ4n) is 10.8. The van der Waals surface area contributed by atoms with E-state index in [0.717, 1.165) is 0 Å². The zero-order valence-electron chi connectivity index (χ0n) is 30.5. The predicted molar refractivity (Wildman–Crippen MR) is 225 cm³/mol. The molecule has 53 heavy (non-hydrogen) atoms. The Morgan fingerprint density at radius 2 is 0.887 bits per heavy atom. The lowest BCUT2D eigenvalue weighted by Crippen LogP contribution is -2.28. The topological polar surface area (TPSA) is 0 Å². The lowest BCUT2D eigenvalue weighted by atomic mass is 9.67. The highest BCUT2D eigenvalue weighted by Gasteiger charge is 2.44. The SMILES string of the molecule is CC1(C)c2ccccc2-c2cc(-c3c4ccccc4c(-c4ccc5c(c4)C4(CCCCC4)c4ccccc4-5)c4ccc(-c5ccccc5)cc34)ccc21. The Labute approximate surface area is 312 Å². The van der Waals surface area contributed by atoms with Gasteiger partial charge in [0.25, 0.3) is 0 Å². The molecule has 254 valence electrons. The van der Waals surface area contributed by atoms with Gasteiger partial charge in [0, 0.05) is 10.8 Å². The maximum Gasteiger partial charge on any atom is 0.0215 e. The first-order valence-electron chi connectivity index (χ1n) is 19.6. The van der Waals surface area contributed by atoms with Crippen LogP contribution in [0.5, 0.6) is 0 Å². The summed E-state index contributed by atoms with van der Waals surface area (Å²) < 4.78 is 0. The summed E-state index contributed by atoms with van der Waals surface area (Å²) in [7, 11) is 0. The maximum absolute atomic E-state index is 2.60. The van der Waals surface area contributed by atoms with Crippen molar-refractivity contribution >= 4 is 21.5 Å².